The fourth-order valence-electron chi connectivity index (χ4n) is 0.823. The molecule has 78 valence electrons. The van der Waals surface area contributed by atoms with Crippen molar-refractivity contribution in [2.45, 2.75) is 5.03 Å². The van der Waals surface area contributed by atoms with Crippen molar-refractivity contribution in [3.63, 3.8) is 0 Å². The zero-order valence-electron chi connectivity index (χ0n) is 7.95. The Hall–Kier alpha value is -1.25. The Morgan fingerprint density at radius 3 is 3.07 bits per heavy atom. The molecule has 1 aromatic rings. The Morgan fingerprint density at radius 1 is 1.73 bits per heavy atom. The quantitative estimate of drug-likeness (QED) is 0.643. The molecule has 1 amide bonds. The van der Waals surface area contributed by atoms with Gasteiger partial charge >= 0.3 is 0 Å². The van der Waals surface area contributed by atoms with E-state index in [1.54, 1.807) is 13.1 Å². The van der Waals surface area contributed by atoms with Gasteiger partial charge in [-0.25, -0.2) is 4.98 Å². The molecule has 0 aliphatic carbocycles. The number of thioether (sulfide) groups is 1. The van der Waals surface area contributed by atoms with Crippen molar-refractivity contribution in [3.05, 3.63) is 22.8 Å². The molecule has 4 nitrogen and oxygen atoms in total. The number of nitrogens with zero attached hydrogens (tertiary/aromatic N) is 2. The number of hydrogen-bond donors (Lipinski definition) is 1. The highest BCUT2D eigenvalue weighted by Crippen LogP contribution is 2.19. The van der Waals surface area contributed by atoms with Crippen LogP contribution in [0.4, 0.5) is 0 Å². The van der Waals surface area contributed by atoms with E-state index in [1.165, 1.54) is 17.8 Å². The molecule has 0 radical (unpaired) electrons. The second kappa shape index (κ2) is 5.59. The molecule has 0 fully saturated rings. The smallest absolute Gasteiger partial charge is 0.230 e. The van der Waals surface area contributed by atoms with Crippen LogP contribution in [0.15, 0.2) is 17.2 Å². The van der Waals surface area contributed by atoms with E-state index in [-0.39, 0.29) is 16.8 Å². The van der Waals surface area contributed by atoms with Crippen LogP contribution in [-0.4, -0.2) is 23.7 Å². The molecule has 1 rings (SSSR count). The predicted molar refractivity (Wildman–Crippen MR) is 58.8 cm³/mol. The third kappa shape index (κ3) is 3.78. The monoisotopic (exact) mass is 241 g/mol. The topological polar surface area (TPSA) is 65.8 Å². The minimum Gasteiger partial charge on any atom is -0.358 e. The Labute approximate surface area is 96.6 Å². The lowest BCUT2D eigenvalue weighted by atomic mass is 10.3. The fourth-order valence-corrected chi connectivity index (χ4v) is 1.88. The van der Waals surface area contributed by atoms with E-state index in [0.29, 0.717) is 10.6 Å². The Kier molecular flexibility index (Phi) is 4.40. The first-order valence-electron chi connectivity index (χ1n) is 4.06. The number of pyridine rings is 1. The van der Waals surface area contributed by atoms with E-state index in [4.69, 9.17) is 16.9 Å². The van der Waals surface area contributed by atoms with Gasteiger partial charge in [0, 0.05) is 7.05 Å². The van der Waals surface area contributed by atoms with Crippen molar-refractivity contribution in [3.8, 4) is 6.07 Å². The maximum Gasteiger partial charge on any atom is 0.230 e. The van der Waals surface area contributed by atoms with Gasteiger partial charge in [-0.15, -0.1) is 0 Å². The maximum atomic E-state index is 11.0. The third-order valence-corrected chi connectivity index (χ3v) is 2.63. The molecule has 0 bridgehead atoms. The van der Waals surface area contributed by atoms with Gasteiger partial charge in [0.15, 0.2) is 0 Å². The zero-order chi connectivity index (χ0) is 11.3. The van der Waals surface area contributed by atoms with E-state index >= 15 is 0 Å². The molecule has 1 heterocycles. The first-order valence-corrected chi connectivity index (χ1v) is 5.43. The second-order valence-corrected chi connectivity index (χ2v) is 3.97. The summed E-state index contributed by atoms with van der Waals surface area (Å²) in [6.07, 6.45) is 0. The molecule has 6 heteroatoms. The minimum absolute atomic E-state index is 0.0970. The van der Waals surface area contributed by atoms with Gasteiger partial charge in [-0.05, 0) is 12.1 Å². The molecule has 0 aromatic carbocycles. The summed E-state index contributed by atoms with van der Waals surface area (Å²) in [6.45, 7) is 0. The molecule has 15 heavy (non-hydrogen) atoms. The molecule has 0 aliphatic heterocycles. The van der Waals surface area contributed by atoms with Crippen molar-refractivity contribution in [1.82, 2.24) is 10.3 Å². The second-order valence-electron chi connectivity index (χ2n) is 2.59. The van der Waals surface area contributed by atoms with Crippen LogP contribution in [0.3, 0.4) is 0 Å². The molecular formula is C9H8ClN3OS. The van der Waals surface area contributed by atoms with E-state index in [9.17, 15) is 4.79 Å². The lowest BCUT2D eigenvalue weighted by molar-refractivity contribution is -0.118. The predicted octanol–water partition coefficient (Wildman–Crippen LogP) is 1.44. The van der Waals surface area contributed by atoms with Crippen LogP contribution in [0.2, 0.25) is 5.15 Å². The largest absolute Gasteiger partial charge is 0.358 e. The summed E-state index contributed by atoms with van der Waals surface area (Å²) in [7, 11) is 1.56. The van der Waals surface area contributed by atoms with Gasteiger partial charge in [0.2, 0.25) is 5.91 Å². The van der Waals surface area contributed by atoms with Gasteiger partial charge < -0.3 is 5.32 Å². The average Bonchev–Trinajstić information content (AvgIpc) is 2.25. The minimum atomic E-state index is -0.0970. The van der Waals surface area contributed by atoms with Gasteiger partial charge in [-0.1, -0.05) is 23.4 Å². The fraction of sp³-hybridized carbons (Fsp3) is 0.222. The average molecular weight is 242 g/mol. The number of carbonyl (C=O) groups excluding carboxylic acids is 1. The zero-order valence-corrected chi connectivity index (χ0v) is 9.52. The SMILES string of the molecule is CNC(=O)CSc1cc(C#N)cc(Cl)n1. The molecule has 0 saturated carbocycles. The molecule has 0 saturated heterocycles. The number of nitriles is 1. The summed E-state index contributed by atoms with van der Waals surface area (Å²) in [6, 6.07) is 5.05. The molecule has 0 unspecified atom stereocenters. The van der Waals surface area contributed by atoms with Gasteiger partial charge in [-0.3, -0.25) is 4.79 Å². The van der Waals surface area contributed by atoms with Crippen molar-refractivity contribution in [2.24, 2.45) is 0 Å². The standard InChI is InChI=1S/C9H8ClN3OS/c1-12-8(14)5-15-9-3-6(4-11)2-7(10)13-9/h2-3H,5H2,1H3,(H,12,14). The van der Waals surface area contributed by atoms with Gasteiger partial charge in [0.25, 0.3) is 0 Å². The van der Waals surface area contributed by atoms with Crippen molar-refractivity contribution in [1.29, 1.82) is 5.26 Å². The summed E-state index contributed by atoms with van der Waals surface area (Å²) in [5.41, 5.74) is 0.439. The highest BCUT2D eigenvalue weighted by atomic mass is 35.5. The number of carbonyl (C=O) groups is 1. The number of hydrogen-bond acceptors (Lipinski definition) is 4. The van der Waals surface area contributed by atoms with Crippen molar-refractivity contribution >= 4 is 29.3 Å². The summed E-state index contributed by atoms with van der Waals surface area (Å²) in [4.78, 5) is 15.0. The third-order valence-electron chi connectivity index (χ3n) is 1.53. The Bertz CT molecular complexity index is 416. The van der Waals surface area contributed by atoms with Crippen LogP contribution in [0, 0.1) is 11.3 Å². The maximum absolute atomic E-state index is 11.0. The van der Waals surface area contributed by atoms with Gasteiger partial charge in [0.1, 0.15) is 5.15 Å². The summed E-state index contributed by atoms with van der Waals surface area (Å²) in [5.74, 6) is 0.162. The van der Waals surface area contributed by atoms with Crippen LogP contribution >= 0.6 is 23.4 Å². The van der Waals surface area contributed by atoms with Crippen molar-refractivity contribution < 1.29 is 4.79 Å². The number of amides is 1. The number of rotatable bonds is 3. The lowest BCUT2D eigenvalue weighted by Gasteiger charge is -2.01. The summed E-state index contributed by atoms with van der Waals surface area (Å²) < 4.78 is 0. The number of aromatic nitrogens is 1. The van der Waals surface area contributed by atoms with Crippen molar-refractivity contribution in [2.75, 3.05) is 12.8 Å². The number of halogens is 1. The van der Waals surface area contributed by atoms with Crippen LogP contribution in [0.5, 0.6) is 0 Å². The van der Waals surface area contributed by atoms with E-state index < -0.39 is 0 Å². The molecule has 0 spiro atoms. The van der Waals surface area contributed by atoms with E-state index in [1.807, 2.05) is 6.07 Å². The Morgan fingerprint density at radius 2 is 2.47 bits per heavy atom. The summed E-state index contributed by atoms with van der Waals surface area (Å²) in [5, 5.41) is 12.0. The lowest BCUT2D eigenvalue weighted by Crippen LogP contribution is -2.19. The highest BCUT2D eigenvalue weighted by Gasteiger charge is 2.04. The van der Waals surface area contributed by atoms with E-state index in [2.05, 4.69) is 10.3 Å². The molecular weight excluding hydrogens is 234 g/mol. The van der Waals surface area contributed by atoms with Crippen LogP contribution in [0.1, 0.15) is 5.56 Å². The number of nitrogens with one attached hydrogen (secondary N) is 1. The van der Waals surface area contributed by atoms with Crippen LogP contribution in [0.25, 0.3) is 0 Å². The highest BCUT2D eigenvalue weighted by molar-refractivity contribution is 7.99. The van der Waals surface area contributed by atoms with Gasteiger partial charge in [-0.2, -0.15) is 5.26 Å². The first-order chi connectivity index (χ1) is 7.15. The normalized spacial score (nSPS) is 9.40. The van der Waals surface area contributed by atoms with Crippen LogP contribution in [-0.2, 0) is 4.79 Å². The van der Waals surface area contributed by atoms with Gasteiger partial charge in [0.05, 0.1) is 22.4 Å². The molecule has 0 atom stereocenters. The molecule has 0 aliphatic rings. The van der Waals surface area contributed by atoms with E-state index in [0.717, 1.165) is 0 Å². The van der Waals surface area contributed by atoms with Crippen LogP contribution < -0.4 is 5.32 Å². The summed E-state index contributed by atoms with van der Waals surface area (Å²) >= 11 is 6.94. The Balaban J connectivity index is 2.74. The first kappa shape index (κ1) is 11.8. The molecule has 1 N–H and O–H groups in total. The molecule has 1 aromatic heterocycles.